The minimum atomic E-state index is -1.17. The Morgan fingerprint density at radius 3 is 2.58 bits per heavy atom. The number of nitrogens with one attached hydrogen (secondary N) is 2. The highest BCUT2D eigenvalue weighted by Gasteiger charge is 2.24. The maximum atomic E-state index is 13.2. The lowest BCUT2D eigenvalue weighted by Crippen LogP contribution is -2.37. The highest BCUT2D eigenvalue weighted by Crippen LogP contribution is 2.19. The zero-order valence-electron chi connectivity index (χ0n) is 23.8. The Morgan fingerprint density at radius 1 is 1.15 bits per heavy atom. The normalized spacial score (nSPS) is 12.1. The van der Waals surface area contributed by atoms with Gasteiger partial charge in [-0.3, -0.25) is 14.4 Å². The summed E-state index contributed by atoms with van der Waals surface area (Å²) in [5.74, 6) is -0.420. The molecule has 0 fully saturated rings. The lowest BCUT2D eigenvalue weighted by Gasteiger charge is -2.19. The number of anilines is 1. The maximum absolute atomic E-state index is 13.2. The molecule has 3 heterocycles. The summed E-state index contributed by atoms with van der Waals surface area (Å²) in [6, 6.07) is 5.03. The third-order valence-corrected chi connectivity index (χ3v) is 5.97. The molecule has 3 aromatic rings. The lowest BCUT2D eigenvalue weighted by atomic mass is 10.1. The van der Waals surface area contributed by atoms with E-state index in [-0.39, 0.29) is 24.6 Å². The largest absolute Gasteiger partial charge is 0.436 e. The molecule has 0 aliphatic carbocycles. The first kappa shape index (κ1) is 30.1. The Labute approximate surface area is 233 Å². The summed E-state index contributed by atoms with van der Waals surface area (Å²) in [4.78, 5) is 65.0. The molecule has 12 nitrogen and oxygen atoms in total. The fraction of sp³-hybridized carbons (Fsp3) is 0.429. The highest BCUT2D eigenvalue weighted by atomic mass is 16.6. The van der Waals surface area contributed by atoms with E-state index < -0.39 is 23.7 Å². The molecule has 214 valence electrons. The Kier molecular flexibility index (Phi) is 10.2. The van der Waals surface area contributed by atoms with Crippen molar-refractivity contribution in [2.45, 2.75) is 45.8 Å². The molecule has 0 aliphatic heterocycles. The number of aromatic nitrogens is 4. The molecule has 0 aromatic carbocycles. The molecule has 0 aliphatic rings. The van der Waals surface area contributed by atoms with Crippen LogP contribution in [0.2, 0.25) is 0 Å². The van der Waals surface area contributed by atoms with E-state index in [2.05, 4.69) is 34.1 Å². The molecule has 0 bridgehead atoms. The fourth-order valence-electron chi connectivity index (χ4n) is 3.88. The summed E-state index contributed by atoms with van der Waals surface area (Å²) < 4.78 is 6.82. The number of ether oxygens (including phenoxy) is 1. The van der Waals surface area contributed by atoms with Crippen molar-refractivity contribution in [2.75, 3.05) is 33.5 Å². The molecule has 1 unspecified atom stereocenters. The Balaban J connectivity index is 1.77. The fourth-order valence-corrected chi connectivity index (χ4v) is 3.88. The molecule has 40 heavy (non-hydrogen) atoms. The summed E-state index contributed by atoms with van der Waals surface area (Å²) in [7, 11) is 6.27. The van der Waals surface area contributed by atoms with E-state index in [1.165, 1.54) is 46.9 Å². The van der Waals surface area contributed by atoms with E-state index in [4.69, 9.17) is 4.74 Å². The highest BCUT2D eigenvalue weighted by molar-refractivity contribution is 5.95. The second-order valence-electron chi connectivity index (χ2n) is 10.3. The monoisotopic (exact) mass is 551 g/mol. The topological polar surface area (TPSA) is 143 Å². The summed E-state index contributed by atoms with van der Waals surface area (Å²) in [5.41, 5.74) is 2.92. The van der Waals surface area contributed by atoms with Gasteiger partial charge in [0.25, 0.3) is 11.5 Å². The number of carbonyl (C=O) groups is 3. The Hall–Kier alpha value is -4.48. The van der Waals surface area contributed by atoms with Crippen molar-refractivity contribution in [3.63, 3.8) is 0 Å². The predicted octanol–water partition coefficient (Wildman–Crippen LogP) is 2.80. The number of aromatic amines is 1. The van der Waals surface area contributed by atoms with E-state index in [1.807, 2.05) is 6.07 Å². The van der Waals surface area contributed by atoms with Crippen molar-refractivity contribution in [3.05, 3.63) is 64.6 Å². The standard InChI is InChI=1S/C28H37N7O5/c1-18(2)14-21-25-22(30-17-29-21)15-19(31-25)16-35-13-9-10-20(27(35)38)32-26(37)23(40-28(39)34(5)6)11-7-8-12-24(36)33(3)4/h8-10,12-13,15,17-18,23,31H,7,11,14,16H2,1-6H3,(H,32,37). The smallest absolute Gasteiger partial charge is 0.410 e. The number of likely N-dealkylation sites (N-methyl/N-ethyl adjacent to an activating group) is 1. The van der Waals surface area contributed by atoms with Gasteiger partial charge >= 0.3 is 6.09 Å². The van der Waals surface area contributed by atoms with Crippen LogP contribution >= 0.6 is 0 Å². The van der Waals surface area contributed by atoms with Crippen LogP contribution in [0.25, 0.3) is 11.0 Å². The van der Waals surface area contributed by atoms with Crippen LogP contribution in [0.5, 0.6) is 0 Å². The SMILES string of the molecule is CC(C)Cc1ncnc2cc(Cn3cccc(NC(=O)C(CCC=CC(=O)N(C)C)OC(=O)N(C)C)c3=O)[nH]c12. The Morgan fingerprint density at radius 2 is 1.90 bits per heavy atom. The van der Waals surface area contributed by atoms with Crippen molar-refractivity contribution >= 4 is 34.6 Å². The molecular formula is C28H37N7O5. The van der Waals surface area contributed by atoms with Crippen LogP contribution in [0.15, 0.2) is 47.7 Å². The Bertz CT molecular complexity index is 1440. The molecule has 3 rings (SSSR count). The number of H-pyrrole nitrogens is 1. The molecule has 3 amide bonds. The summed E-state index contributed by atoms with van der Waals surface area (Å²) in [6.07, 6.45) is 5.51. The molecule has 0 spiro atoms. The van der Waals surface area contributed by atoms with E-state index in [0.717, 1.165) is 28.8 Å². The second kappa shape index (κ2) is 13.5. The van der Waals surface area contributed by atoms with Crippen LogP contribution in [0.1, 0.15) is 38.1 Å². The molecule has 0 radical (unpaired) electrons. The van der Waals surface area contributed by atoms with E-state index in [9.17, 15) is 19.2 Å². The summed E-state index contributed by atoms with van der Waals surface area (Å²) in [5, 5.41) is 2.61. The van der Waals surface area contributed by atoms with Gasteiger partial charge in [0.1, 0.15) is 12.0 Å². The molecule has 2 N–H and O–H groups in total. The van der Waals surface area contributed by atoms with Crippen LogP contribution in [0.3, 0.4) is 0 Å². The minimum Gasteiger partial charge on any atom is -0.436 e. The number of allylic oxidation sites excluding steroid dienone is 1. The number of amides is 3. The first-order valence-electron chi connectivity index (χ1n) is 13.0. The molecule has 12 heteroatoms. The van der Waals surface area contributed by atoms with E-state index in [0.29, 0.717) is 12.3 Å². The van der Waals surface area contributed by atoms with Crippen LogP contribution in [0, 0.1) is 5.92 Å². The van der Waals surface area contributed by atoms with Crippen LogP contribution in [0.4, 0.5) is 10.5 Å². The number of fused-ring (bicyclic) bond motifs is 1. The minimum absolute atomic E-state index is 0.0492. The van der Waals surface area contributed by atoms with Crippen molar-refractivity contribution in [2.24, 2.45) is 5.92 Å². The lowest BCUT2D eigenvalue weighted by molar-refractivity contribution is -0.125. The van der Waals surface area contributed by atoms with Gasteiger partial charge in [-0.25, -0.2) is 14.8 Å². The first-order valence-corrected chi connectivity index (χ1v) is 13.0. The van der Waals surface area contributed by atoms with Crippen LogP contribution in [-0.2, 0) is 27.3 Å². The number of hydrogen-bond acceptors (Lipinski definition) is 7. The number of hydrogen-bond donors (Lipinski definition) is 2. The van der Waals surface area contributed by atoms with Gasteiger partial charge in [-0.2, -0.15) is 0 Å². The number of rotatable bonds is 11. The number of nitrogens with zero attached hydrogens (tertiary/aromatic N) is 5. The van der Waals surface area contributed by atoms with Gasteiger partial charge in [0.05, 0.1) is 23.3 Å². The van der Waals surface area contributed by atoms with Crippen molar-refractivity contribution < 1.29 is 19.1 Å². The second-order valence-corrected chi connectivity index (χ2v) is 10.3. The number of carbonyl (C=O) groups excluding carboxylic acids is 3. The van der Waals surface area contributed by atoms with Gasteiger partial charge in [0.2, 0.25) is 5.91 Å². The third kappa shape index (κ3) is 8.01. The molecule has 1 atom stereocenters. The summed E-state index contributed by atoms with van der Waals surface area (Å²) in [6.45, 7) is 4.46. The maximum Gasteiger partial charge on any atom is 0.410 e. The molecule has 0 saturated carbocycles. The van der Waals surface area contributed by atoms with E-state index >= 15 is 0 Å². The van der Waals surface area contributed by atoms with Gasteiger partial charge in [-0.05, 0) is 49.5 Å². The number of pyridine rings is 1. The van der Waals surface area contributed by atoms with Crippen molar-refractivity contribution in [1.29, 1.82) is 0 Å². The van der Waals surface area contributed by atoms with Crippen molar-refractivity contribution in [3.8, 4) is 0 Å². The van der Waals surface area contributed by atoms with Gasteiger partial charge in [-0.1, -0.05) is 19.9 Å². The zero-order valence-corrected chi connectivity index (χ0v) is 23.8. The van der Waals surface area contributed by atoms with Crippen LogP contribution < -0.4 is 10.9 Å². The van der Waals surface area contributed by atoms with Gasteiger partial charge in [0.15, 0.2) is 6.10 Å². The quantitative estimate of drug-likeness (QED) is 0.349. The molecule has 3 aromatic heterocycles. The summed E-state index contributed by atoms with van der Waals surface area (Å²) >= 11 is 0. The molecule has 0 saturated heterocycles. The molecular weight excluding hydrogens is 514 g/mol. The zero-order chi connectivity index (χ0) is 29.4. The van der Waals surface area contributed by atoms with Gasteiger partial charge in [-0.15, -0.1) is 0 Å². The van der Waals surface area contributed by atoms with Crippen LogP contribution in [-0.4, -0.2) is 81.5 Å². The average Bonchev–Trinajstić information content (AvgIpc) is 3.31. The van der Waals surface area contributed by atoms with Crippen molar-refractivity contribution in [1.82, 2.24) is 29.3 Å². The van der Waals surface area contributed by atoms with Gasteiger partial charge < -0.3 is 29.4 Å². The third-order valence-electron chi connectivity index (χ3n) is 5.97. The average molecular weight is 552 g/mol. The predicted molar refractivity (Wildman–Crippen MR) is 152 cm³/mol. The van der Waals surface area contributed by atoms with E-state index in [1.54, 1.807) is 32.4 Å². The first-order chi connectivity index (χ1) is 19.0. The van der Waals surface area contributed by atoms with Gasteiger partial charge in [0, 0.05) is 40.1 Å².